The Bertz CT molecular complexity index is 2030. The molecule has 4 aromatic carbocycles. The van der Waals surface area contributed by atoms with Gasteiger partial charge in [-0.15, -0.1) is 0 Å². The first-order chi connectivity index (χ1) is 24.4. The number of nitro groups is 2. The van der Waals surface area contributed by atoms with Gasteiger partial charge in [0.25, 0.3) is 11.4 Å². The number of nitro benzene ring substituents is 2. The number of hydrogen-bond donors (Lipinski definition) is 2. The Balaban J connectivity index is 1.03. The summed E-state index contributed by atoms with van der Waals surface area (Å²) in [6, 6.07) is 19.7. The summed E-state index contributed by atoms with van der Waals surface area (Å²) in [6.07, 6.45) is 0. The number of benzene rings is 4. The summed E-state index contributed by atoms with van der Waals surface area (Å²) in [5.74, 6) is 3.01. The fourth-order valence-electron chi connectivity index (χ4n) is 5.32. The second kappa shape index (κ2) is 14.5. The summed E-state index contributed by atoms with van der Waals surface area (Å²) in [7, 11) is 0. The van der Waals surface area contributed by atoms with Crippen molar-refractivity contribution in [2.45, 2.75) is 0 Å². The monoisotopic (exact) mass is 682 g/mol. The molecule has 256 valence electrons. The van der Waals surface area contributed by atoms with Gasteiger partial charge in [0.05, 0.1) is 58.3 Å². The zero-order valence-electron chi connectivity index (χ0n) is 26.5. The average Bonchev–Trinajstić information content (AvgIpc) is 3.75. The van der Waals surface area contributed by atoms with Crippen LogP contribution in [-0.2, 0) is 9.47 Å². The van der Waals surface area contributed by atoms with Crippen molar-refractivity contribution in [2.24, 2.45) is 0 Å². The lowest BCUT2D eigenvalue weighted by atomic mass is 10.2. The normalized spacial score (nSPS) is 14.6. The smallest absolute Gasteiger partial charge is 0.271 e. The van der Waals surface area contributed by atoms with Gasteiger partial charge in [0.15, 0.2) is 23.0 Å². The number of ether oxygens (including phenoxy) is 6. The molecule has 2 N–H and O–H groups in total. The van der Waals surface area contributed by atoms with Gasteiger partial charge in [-0.3, -0.25) is 20.2 Å². The van der Waals surface area contributed by atoms with Crippen LogP contribution in [0.4, 0.5) is 11.4 Å². The van der Waals surface area contributed by atoms with E-state index in [0.717, 1.165) is 0 Å². The standard InChI is InChI=1S/C34H30N6O10/c41-39(42)23-3-5-25-27(19-23)37-33(35-25)21-1-7-29-31(17-21)49-15-11-46-12-16-50-32-18-22(2-8-30(32)48-14-10-45-9-13-47-29)34-36-26-6-4-24(40(43)44)20-28(26)38-34/h1-8,17-20H,9-16H2,(H,35,37)(H,36,38). The highest BCUT2D eigenvalue weighted by molar-refractivity contribution is 5.83. The molecule has 7 rings (SSSR count). The molecule has 0 unspecified atom stereocenters. The zero-order chi connectivity index (χ0) is 34.5. The van der Waals surface area contributed by atoms with Crippen molar-refractivity contribution < 1.29 is 38.3 Å². The highest BCUT2D eigenvalue weighted by Crippen LogP contribution is 2.35. The fourth-order valence-corrected chi connectivity index (χ4v) is 5.32. The highest BCUT2D eigenvalue weighted by Gasteiger charge is 2.16. The quantitative estimate of drug-likeness (QED) is 0.166. The first-order valence-corrected chi connectivity index (χ1v) is 15.6. The van der Waals surface area contributed by atoms with E-state index in [2.05, 4.69) is 19.9 Å². The van der Waals surface area contributed by atoms with Crippen molar-refractivity contribution in [3.8, 4) is 45.8 Å². The summed E-state index contributed by atoms with van der Waals surface area (Å²) in [5.41, 5.74) is 3.64. The Morgan fingerprint density at radius 2 is 0.900 bits per heavy atom. The summed E-state index contributed by atoms with van der Waals surface area (Å²) < 4.78 is 35.6. The number of imidazole rings is 2. The van der Waals surface area contributed by atoms with Gasteiger partial charge >= 0.3 is 0 Å². The second-order valence-corrected chi connectivity index (χ2v) is 11.0. The number of H-pyrrole nitrogens is 2. The van der Waals surface area contributed by atoms with E-state index >= 15 is 0 Å². The Labute approximate surface area is 283 Å². The van der Waals surface area contributed by atoms with Crippen LogP contribution in [0.2, 0.25) is 0 Å². The molecule has 0 spiro atoms. The summed E-state index contributed by atoms with van der Waals surface area (Å²) in [6.45, 7) is 2.06. The van der Waals surface area contributed by atoms with Crippen molar-refractivity contribution >= 4 is 33.4 Å². The van der Waals surface area contributed by atoms with Crippen LogP contribution in [0.1, 0.15) is 0 Å². The topological polar surface area (TPSA) is 199 Å². The molecule has 1 aliphatic heterocycles. The maximum atomic E-state index is 11.2. The van der Waals surface area contributed by atoms with E-state index in [0.29, 0.717) is 81.1 Å². The summed E-state index contributed by atoms with van der Waals surface area (Å²) in [4.78, 5) is 36.9. The average molecular weight is 683 g/mol. The van der Waals surface area contributed by atoms with Crippen molar-refractivity contribution in [1.82, 2.24) is 19.9 Å². The molecule has 6 aromatic rings. The summed E-state index contributed by atoms with van der Waals surface area (Å²) >= 11 is 0. The Morgan fingerprint density at radius 1 is 0.500 bits per heavy atom. The molecule has 2 aromatic heterocycles. The van der Waals surface area contributed by atoms with E-state index in [1.54, 1.807) is 36.4 Å². The van der Waals surface area contributed by atoms with Crippen LogP contribution in [0.3, 0.4) is 0 Å². The van der Waals surface area contributed by atoms with Crippen molar-refractivity contribution in [2.75, 3.05) is 52.9 Å². The van der Waals surface area contributed by atoms with Crippen LogP contribution >= 0.6 is 0 Å². The maximum Gasteiger partial charge on any atom is 0.271 e. The predicted molar refractivity (Wildman–Crippen MR) is 180 cm³/mol. The number of fused-ring (bicyclic) bond motifs is 4. The second-order valence-electron chi connectivity index (χ2n) is 11.0. The van der Waals surface area contributed by atoms with Crippen LogP contribution in [-0.4, -0.2) is 82.6 Å². The summed E-state index contributed by atoms with van der Waals surface area (Å²) in [5, 5.41) is 22.4. The highest BCUT2D eigenvalue weighted by atomic mass is 16.6. The molecule has 0 bridgehead atoms. The lowest BCUT2D eigenvalue weighted by molar-refractivity contribution is -0.384. The van der Waals surface area contributed by atoms with Gasteiger partial charge in [0, 0.05) is 35.4 Å². The molecule has 0 fully saturated rings. The SMILES string of the molecule is O=[N+]([O-])c1ccc2nc(-c3ccc4c(c3)OCCOCCOc3cc(-c5nc6ccc([N+](=O)[O-])cc6[nH]5)ccc3OCCOCCO4)[nH]c2c1. The molecule has 50 heavy (non-hydrogen) atoms. The molecule has 0 radical (unpaired) electrons. The number of aromatic nitrogens is 4. The molecule has 0 aliphatic carbocycles. The molecule has 0 saturated heterocycles. The van der Waals surface area contributed by atoms with Gasteiger partial charge in [-0.05, 0) is 48.5 Å². The van der Waals surface area contributed by atoms with Gasteiger partial charge in [-0.2, -0.15) is 0 Å². The third-order valence-corrected chi connectivity index (χ3v) is 7.73. The van der Waals surface area contributed by atoms with Crippen LogP contribution in [0.25, 0.3) is 44.8 Å². The first kappa shape index (κ1) is 32.3. The van der Waals surface area contributed by atoms with Crippen LogP contribution in [0, 0.1) is 20.2 Å². The van der Waals surface area contributed by atoms with E-state index in [4.69, 9.17) is 28.4 Å². The van der Waals surface area contributed by atoms with Gasteiger partial charge in [-0.1, -0.05) is 0 Å². The minimum atomic E-state index is -0.451. The van der Waals surface area contributed by atoms with E-state index in [1.165, 1.54) is 24.3 Å². The molecule has 16 heteroatoms. The molecule has 0 saturated carbocycles. The van der Waals surface area contributed by atoms with Gasteiger partial charge < -0.3 is 38.4 Å². The van der Waals surface area contributed by atoms with Crippen LogP contribution in [0.5, 0.6) is 23.0 Å². The molecule has 16 nitrogen and oxygen atoms in total. The fraction of sp³-hybridized carbons (Fsp3) is 0.235. The maximum absolute atomic E-state index is 11.2. The van der Waals surface area contributed by atoms with Crippen LogP contribution < -0.4 is 18.9 Å². The van der Waals surface area contributed by atoms with Crippen molar-refractivity contribution in [3.63, 3.8) is 0 Å². The molecule has 3 heterocycles. The lowest BCUT2D eigenvalue weighted by Crippen LogP contribution is -2.15. The third kappa shape index (κ3) is 7.25. The minimum absolute atomic E-state index is 0.0288. The number of non-ortho nitro benzene ring substituents is 2. The Kier molecular flexibility index (Phi) is 9.35. The van der Waals surface area contributed by atoms with Crippen molar-refractivity contribution in [1.29, 1.82) is 0 Å². The van der Waals surface area contributed by atoms with Gasteiger partial charge in [-0.25, -0.2) is 9.97 Å². The number of rotatable bonds is 4. The lowest BCUT2D eigenvalue weighted by Gasteiger charge is -2.16. The number of nitrogens with zero attached hydrogens (tertiary/aromatic N) is 4. The van der Waals surface area contributed by atoms with E-state index in [-0.39, 0.29) is 51.0 Å². The van der Waals surface area contributed by atoms with Crippen molar-refractivity contribution in [3.05, 3.63) is 93.0 Å². The molecular weight excluding hydrogens is 652 g/mol. The minimum Gasteiger partial charge on any atom is -0.487 e. The predicted octanol–water partition coefficient (Wildman–Crippen LogP) is 5.85. The Morgan fingerprint density at radius 3 is 1.30 bits per heavy atom. The number of nitrogens with one attached hydrogen (secondary N) is 2. The van der Waals surface area contributed by atoms with E-state index in [9.17, 15) is 20.2 Å². The van der Waals surface area contributed by atoms with E-state index in [1.807, 2.05) is 12.1 Å². The third-order valence-electron chi connectivity index (χ3n) is 7.73. The van der Waals surface area contributed by atoms with Crippen LogP contribution in [0.15, 0.2) is 72.8 Å². The molecule has 0 amide bonds. The number of hydrogen-bond acceptors (Lipinski definition) is 12. The first-order valence-electron chi connectivity index (χ1n) is 15.6. The zero-order valence-corrected chi connectivity index (χ0v) is 26.5. The molecule has 1 aliphatic rings. The largest absolute Gasteiger partial charge is 0.487 e. The Hall–Kier alpha value is -6.26. The number of aromatic amines is 2. The van der Waals surface area contributed by atoms with Gasteiger partial charge in [0.1, 0.15) is 38.1 Å². The van der Waals surface area contributed by atoms with E-state index < -0.39 is 9.85 Å². The van der Waals surface area contributed by atoms with Gasteiger partial charge in [0.2, 0.25) is 0 Å². The molecule has 0 atom stereocenters. The molecular formula is C34H30N6O10.